The molecule has 0 aliphatic carbocycles. The van der Waals surface area contributed by atoms with E-state index in [0.717, 1.165) is 27.5 Å². The summed E-state index contributed by atoms with van der Waals surface area (Å²) in [6.45, 7) is 0. The van der Waals surface area contributed by atoms with Crippen LogP contribution in [0.1, 0.15) is 0 Å². The van der Waals surface area contributed by atoms with E-state index in [1.807, 2.05) is 37.6 Å². The maximum absolute atomic E-state index is 4.46. The molecule has 78 valence electrons. The number of nitrogens with one attached hydrogen (secondary N) is 1. The number of fused-ring (bicyclic) bond motifs is 3. The lowest BCUT2D eigenvalue weighted by atomic mass is 10.1. The molecule has 3 nitrogen and oxygen atoms in total. The highest BCUT2D eigenvalue weighted by Gasteiger charge is 2.02. The highest BCUT2D eigenvalue weighted by molar-refractivity contribution is 6.03. The van der Waals surface area contributed by atoms with Crippen molar-refractivity contribution < 1.29 is 0 Å². The molecule has 0 spiro atoms. The molecule has 0 aliphatic heterocycles. The number of nitrogens with zero attached hydrogens (tertiary/aromatic N) is 2. The molecule has 0 unspecified atom stereocenters. The minimum absolute atomic E-state index is 0.922. The first kappa shape index (κ1) is 9.09. The molecule has 2 heterocycles. The molecular weight excluding hydrogens is 198 g/mol. The molecule has 0 saturated carbocycles. The van der Waals surface area contributed by atoms with E-state index in [0.29, 0.717) is 0 Å². The summed E-state index contributed by atoms with van der Waals surface area (Å²) < 4.78 is 0. The van der Waals surface area contributed by atoms with Crippen LogP contribution in [0.5, 0.6) is 0 Å². The van der Waals surface area contributed by atoms with Gasteiger partial charge in [-0.1, -0.05) is 24.3 Å². The molecular formula is C13H11N3. The van der Waals surface area contributed by atoms with Gasteiger partial charge in [0, 0.05) is 24.0 Å². The molecule has 0 radical (unpaired) electrons. The number of benzene rings is 1. The van der Waals surface area contributed by atoms with Crippen molar-refractivity contribution in [3.05, 3.63) is 42.7 Å². The highest BCUT2D eigenvalue weighted by Crippen LogP contribution is 2.22. The second-order valence-corrected chi connectivity index (χ2v) is 3.69. The number of rotatable bonds is 1. The molecule has 3 heteroatoms. The lowest BCUT2D eigenvalue weighted by Crippen LogP contribution is -1.91. The highest BCUT2D eigenvalue weighted by atomic mass is 14.9. The third kappa shape index (κ3) is 1.29. The Kier molecular flexibility index (Phi) is 1.96. The van der Waals surface area contributed by atoms with E-state index in [2.05, 4.69) is 27.4 Å². The maximum Gasteiger partial charge on any atom is 0.0966 e. The van der Waals surface area contributed by atoms with Gasteiger partial charge in [0.05, 0.1) is 22.9 Å². The van der Waals surface area contributed by atoms with Crippen molar-refractivity contribution in [3.8, 4) is 0 Å². The molecule has 0 aliphatic rings. The molecule has 3 rings (SSSR count). The van der Waals surface area contributed by atoms with Crippen molar-refractivity contribution in [1.29, 1.82) is 0 Å². The van der Waals surface area contributed by atoms with Gasteiger partial charge in [0.25, 0.3) is 0 Å². The van der Waals surface area contributed by atoms with Crippen molar-refractivity contribution >= 4 is 27.5 Å². The Morgan fingerprint density at radius 3 is 2.81 bits per heavy atom. The summed E-state index contributed by atoms with van der Waals surface area (Å²) in [6.07, 6.45) is 3.72. The molecule has 1 N–H and O–H groups in total. The van der Waals surface area contributed by atoms with Crippen LogP contribution in [0.3, 0.4) is 0 Å². The summed E-state index contributed by atoms with van der Waals surface area (Å²) in [7, 11) is 1.88. The van der Waals surface area contributed by atoms with Crippen molar-refractivity contribution in [2.75, 3.05) is 12.4 Å². The van der Waals surface area contributed by atoms with E-state index in [-0.39, 0.29) is 0 Å². The Hall–Kier alpha value is -2.16. The van der Waals surface area contributed by atoms with Crippen LogP contribution in [0.15, 0.2) is 42.7 Å². The molecule has 0 fully saturated rings. The van der Waals surface area contributed by atoms with Crippen LogP contribution >= 0.6 is 0 Å². The van der Waals surface area contributed by atoms with Gasteiger partial charge in [-0.25, -0.2) is 0 Å². The summed E-state index contributed by atoms with van der Waals surface area (Å²) in [5.41, 5.74) is 2.86. The predicted octanol–water partition coefficient (Wildman–Crippen LogP) is 2.82. The van der Waals surface area contributed by atoms with Crippen LogP contribution in [0.2, 0.25) is 0 Å². The first-order chi connectivity index (χ1) is 7.88. The van der Waals surface area contributed by atoms with Gasteiger partial charge in [-0.05, 0) is 6.07 Å². The lowest BCUT2D eigenvalue weighted by molar-refractivity contribution is 1.34. The van der Waals surface area contributed by atoms with Crippen molar-refractivity contribution in [2.24, 2.45) is 0 Å². The molecule has 0 bridgehead atoms. The molecule has 0 amide bonds. The lowest BCUT2D eigenvalue weighted by Gasteiger charge is -2.04. The molecule has 3 aromatic rings. The van der Waals surface area contributed by atoms with Gasteiger partial charge in [0.15, 0.2) is 0 Å². The van der Waals surface area contributed by atoms with Crippen molar-refractivity contribution in [2.45, 2.75) is 0 Å². The summed E-state index contributed by atoms with van der Waals surface area (Å²) in [5.74, 6) is 0. The number of pyridine rings is 2. The predicted molar refractivity (Wildman–Crippen MR) is 66.6 cm³/mol. The largest absolute Gasteiger partial charge is 0.387 e. The quantitative estimate of drug-likeness (QED) is 0.626. The standard InChI is InChI=1S/C13H11N3/c1-14-10-6-12-13(16-8-10)11-5-3-2-4-9(11)7-15-12/h2-8,14H,1H3. The molecule has 0 atom stereocenters. The Morgan fingerprint density at radius 2 is 1.94 bits per heavy atom. The summed E-state index contributed by atoms with van der Waals surface area (Å²) in [6, 6.07) is 10.2. The van der Waals surface area contributed by atoms with Crippen molar-refractivity contribution in [3.63, 3.8) is 0 Å². The van der Waals surface area contributed by atoms with Gasteiger partial charge < -0.3 is 5.32 Å². The number of hydrogen-bond donors (Lipinski definition) is 1. The minimum atomic E-state index is 0.922. The minimum Gasteiger partial charge on any atom is -0.387 e. The Labute approximate surface area is 93.1 Å². The van der Waals surface area contributed by atoms with E-state index in [1.54, 1.807) is 0 Å². The molecule has 0 saturated heterocycles. The Morgan fingerprint density at radius 1 is 1.06 bits per heavy atom. The van der Waals surface area contributed by atoms with E-state index in [9.17, 15) is 0 Å². The van der Waals surface area contributed by atoms with Crippen LogP contribution < -0.4 is 5.32 Å². The van der Waals surface area contributed by atoms with E-state index >= 15 is 0 Å². The zero-order valence-corrected chi connectivity index (χ0v) is 8.94. The van der Waals surface area contributed by atoms with Gasteiger partial charge >= 0.3 is 0 Å². The Balaban J connectivity index is 2.43. The molecule has 1 aromatic carbocycles. The van der Waals surface area contributed by atoms with Crippen LogP contribution in [0.25, 0.3) is 21.8 Å². The average Bonchev–Trinajstić information content (AvgIpc) is 2.38. The monoisotopic (exact) mass is 209 g/mol. The fraction of sp³-hybridized carbons (Fsp3) is 0.0769. The fourth-order valence-corrected chi connectivity index (χ4v) is 1.86. The number of aromatic nitrogens is 2. The normalized spacial score (nSPS) is 10.8. The number of anilines is 1. The first-order valence-electron chi connectivity index (χ1n) is 5.20. The average molecular weight is 209 g/mol. The topological polar surface area (TPSA) is 37.8 Å². The van der Waals surface area contributed by atoms with E-state index < -0.39 is 0 Å². The summed E-state index contributed by atoms with van der Waals surface area (Å²) in [4.78, 5) is 8.87. The zero-order valence-electron chi connectivity index (χ0n) is 8.94. The summed E-state index contributed by atoms with van der Waals surface area (Å²) >= 11 is 0. The third-order valence-electron chi connectivity index (χ3n) is 2.71. The van der Waals surface area contributed by atoms with Gasteiger partial charge in [0.1, 0.15) is 0 Å². The maximum atomic E-state index is 4.46. The molecule has 2 aromatic heterocycles. The van der Waals surface area contributed by atoms with Gasteiger partial charge in [-0.15, -0.1) is 0 Å². The van der Waals surface area contributed by atoms with E-state index in [1.165, 1.54) is 0 Å². The third-order valence-corrected chi connectivity index (χ3v) is 2.71. The zero-order chi connectivity index (χ0) is 11.0. The van der Waals surface area contributed by atoms with Crippen LogP contribution in [0, 0.1) is 0 Å². The SMILES string of the molecule is CNc1cnc2c(c1)ncc1ccccc12. The molecule has 16 heavy (non-hydrogen) atoms. The van der Waals surface area contributed by atoms with Crippen LogP contribution in [0.4, 0.5) is 5.69 Å². The van der Waals surface area contributed by atoms with E-state index in [4.69, 9.17) is 0 Å². The van der Waals surface area contributed by atoms with Crippen molar-refractivity contribution in [1.82, 2.24) is 9.97 Å². The van der Waals surface area contributed by atoms with Gasteiger partial charge in [-0.3, -0.25) is 9.97 Å². The Bertz CT molecular complexity index is 661. The second kappa shape index (κ2) is 3.45. The number of hydrogen-bond acceptors (Lipinski definition) is 3. The van der Waals surface area contributed by atoms with Gasteiger partial charge in [0.2, 0.25) is 0 Å². The smallest absolute Gasteiger partial charge is 0.0966 e. The van der Waals surface area contributed by atoms with Crippen LogP contribution in [-0.2, 0) is 0 Å². The van der Waals surface area contributed by atoms with Gasteiger partial charge in [-0.2, -0.15) is 0 Å². The first-order valence-corrected chi connectivity index (χ1v) is 5.20. The summed E-state index contributed by atoms with van der Waals surface area (Å²) in [5, 5.41) is 5.34. The second-order valence-electron chi connectivity index (χ2n) is 3.69. The fourth-order valence-electron chi connectivity index (χ4n) is 1.86. The van der Waals surface area contributed by atoms with Crippen LogP contribution in [-0.4, -0.2) is 17.0 Å².